The maximum absolute atomic E-state index is 13.6. The van der Waals surface area contributed by atoms with Crippen molar-refractivity contribution in [3.05, 3.63) is 95.6 Å². The summed E-state index contributed by atoms with van der Waals surface area (Å²) in [5, 5.41) is 2.93. The zero-order chi connectivity index (χ0) is 23.8. The predicted molar refractivity (Wildman–Crippen MR) is 130 cm³/mol. The highest BCUT2D eigenvalue weighted by Gasteiger charge is 2.30. The summed E-state index contributed by atoms with van der Waals surface area (Å²) in [5.74, 6) is 1.22. The molecule has 0 bridgehead atoms. The number of fused-ring (bicyclic) bond motifs is 1. The molecule has 4 rings (SSSR count). The Balaban J connectivity index is 1.56. The van der Waals surface area contributed by atoms with Gasteiger partial charge in [0.2, 0.25) is 18.6 Å². The fourth-order valence-electron chi connectivity index (χ4n) is 4.12. The molecule has 2 amide bonds. The van der Waals surface area contributed by atoms with Gasteiger partial charge in [-0.1, -0.05) is 66.7 Å². The molecule has 1 aliphatic rings. The number of hydrogen-bond donors (Lipinski definition) is 1. The summed E-state index contributed by atoms with van der Waals surface area (Å²) in [6.07, 6.45) is 1.29. The Bertz CT molecular complexity index is 1100. The Morgan fingerprint density at radius 2 is 1.56 bits per heavy atom. The van der Waals surface area contributed by atoms with E-state index in [2.05, 4.69) is 5.32 Å². The van der Waals surface area contributed by atoms with Gasteiger partial charge in [-0.15, -0.1) is 0 Å². The van der Waals surface area contributed by atoms with E-state index in [1.54, 1.807) is 4.90 Å². The van der Waals surface area contributed by atoms with Crippen molar-refractivity contribution in [3.63, 3.8) is 0 Å². The number of carbonyl (C=O) groups is 2. The molecule has 176 valence electrons. The molecule has 1 aliphatic heterocycles. The van der Waals surface area contributed by atoms with E-state index in [-0.39, 0.29) is 25.0 Å². The number of hydrogen-bond acceptors (Lipinski definition) is 4. The lowest BCUT2D eigenvalue weighted by Gasteiger charge is -2.31. The molecule has 0 spiro atoms. The summed E-state index contributed by atoms with van der Waals surface area (Å²) < 4.78 is 10.8. The third kappa shape index (κ3) is 5.95. The van der Waals surface area contributed by atoms with Gasteiger partial charge < -0.3 is 19.7 Å². The lowest BCUT2D eigenvalue weighted by Crippen LogP contribution is -2.50. The van der Waals surface area contributed by atoms with Crippen molar-refractivity contribution in [1.29, 1.82) is 0 Å². The monoisotopic (exact) mass is 458 g/mol. The predicted octanol–water partition coefficient (Wildman–Crippen LogP) is 4.12. The zero-order valence-corrected chi connectivity index (χ0v) is 19.4. The van der Waals surface area contributed by atoms with Gasteiger partial charge in [-0.3, -0.25) is 9.59 Å². The van der Waals surface area contributed by atoms with E-state index < -0.39 is 6.04 Å². The van der Waals surface area contributed by atoms with Crippen molar-refractivity contribution in [3.8, 4) is 11.5 Å². The molecular weight excluding hydrogens is 428 g/mol. The summed E-state index contributed by atoms with van der Waals surface area (Å²) in [6, 6.07) is 24.8. The largest absolute Gasteiger partial charge is 0.454 e. The van der Waals surface area contributed by atoms with Gasteiger partial charge >= 0.3 is 0 Å². The summed E-state index contributed by atoms with van der Waals surface area (Å²) >= 11 is 0. The van der Waals surface area contributed by atoms with Crippen LogP contribution in [0.1, 0.15) is 30.0 Å². The quantitative estimate of drug-likeness (QED) is 0.496. The van der Waals surface area contributed by atoms with Crippen LogP contribution >= 0.6 is 0 Å². The minimum absolute atomic E-state index is 0.0614. The minimum Gasteiger partial charge on any atom is -0.454 e. The maximum atomic E-state index is 13.6. The summed E-state index contributed by atoms with van der Waals surface area (Å²) in [4.78, 5) is 28.5. The van der Waals surface area contributed by atoms with Crippen molar-refractivity contribution < 1.29 is 19.1 Å². The summed E-state index contributed by atoms with van der Waals surface area (Å²) in [6.45, 7) is 2.99. The number of benzene rings is 3. The first-order chi connectivity index (χ1) is 16.6. The highest BCUT2D eigenvalue weighted by molar-refractivity contribution is 5.88. The fourth-order valence-corrected chi connectivity index (χ4v) is 4.12. The first kappa shape index (κ1) is 23.4. The van der Waals surface area contributed by atoms with Crippen LogP contribution in [0.5, 0.6) is 11.5 Å². The van der Waals surface area contributed by atoms with Gasteiger partial charge in [0.1, 0.15) is 6.04 Å². The normalized spacial score (nSPS) is 12.7. The Morgan fingerprint density at radius 1 is 0.882 bits per heavy atom. The van der Waals surface area contributed by atoms with Crippen molar-refractivity contribution in [2.24, 2.45) is 0 Å². The van der Waals surface area contributed by atoms with Crippen LogP contribution in [-0.4, -0.2) is 36.1 Å². The van der Waals surface area contributed by atoms with Crippen LogP contribution in [0.3, 0.4) is 0 Å². The molecule has 0 aliphatic carbocycles. The van der Waals surface area contributed by atoms with Crippen LogP contribution in [0.15, 0.2) is 78.9 Å². The third-order valence-corrected chi connectivity index (χ3v) is 5.88. The van der Waals surface area contributed by atoms with Crippen LogP contribution in [0.4, 0.5) is 0 Å². The van der Waals surface area contributed by atoms with Gasteiger partial charge in [0.05, 0.1) is 0 Å². The standard InChI is InChI=1S/C28H30N2O4/c1-2-29-28(32)24(17-21-9-5-3-6-10-21)30(19-23-11-7-4-8-12-23)27(31)16-14-22-13-15-25-26(18-22)34-20-33-25/h3-13,15,18,24H,2,14,16-17,19-20H2,1H3,(H,29,32)/t24-/m1/s1. The zero-order valence-electron chi connectivity index (χ0n) is 19.4. The molecule has 0 saturated carbocycles. The number of nitrogens with one attached hydrogen (secondary N) is 1. The second-order valence-corrected chi connectivity index (χ2v) is 8.29. The smallest absolute Gasteiger partial charge is 0.243 e. The Morgan fingerprint density at radius 3 is 2.26 bits per heavy atom. The molecule has 0 fully saturated rings. The number of rotatable bonds is 10. The van der Waals surface area contributed by atoms with Gasteiger partial charge in [-0.05, 0) is 42.2 Å². The third-order valence-electron chi connectivity index (χ3n) is 5.88. The average Bonchev–Trinajstić information content (AvgIpc) is 3.34. The molecule has 3 aromatic carbocycles. The number of carbonyl (C=O) groups excluding carboxylic acids is 2. The van der Waals surface area contributed by atoms with Crippen LogP contribution in [-0.2, 0) is 29.0 Å². The molecule has 0 saturated heterocycles. The van der Waals surface area contributed by atoms with E-state index in [0.717, 1.165) is 22.4 Å². The molecule has 6 nitrogen and oxygen atoms in total. The van der Waals surface area contributed by atoms with Gasteiger partial charge in [0.15, 0.2) is 11.5 Å². The van der Waals surface area contributed by atoms with E-state index in [9.17, 15) is 9.59 Å². The number of aryl methyl sites for hydroxylation is 1. The fraction of sp³-hybridized carbons (Fsp3) is 0.286. The van der Waals surface area contributed by atoms with E-state index in [4.69, 9.17) is 9.47 Å². The first-order valence-electron chi connectivity index (χ1n) is 11.7. The van der Waals surface area contributed by atoms with Gasteiger partial charge in [0.25, 0.3) is 0 Å². The van der Waals surface area contributed by atoms with Crippen molar-refractivity contribution in [2.45, 2.75) is 38.8 Å². The Labute approximate surface area is 200 Å². The lowest BCUT2D eigenvalue weighted by molar-refractivity contribution is -0.141. The molecule has 0 aromatic heterocycles. The van der Waals surface area contributed by atoms with Crippen molar-refractivity contribution >= 4 is 11.8 Å². The van der Waals surface area contributed by atoms with Crippen LogP contribution in [0, 0.1) is 0 Å². The van der Waals surface area contributed by atoms with E-state index in [1.807, 2.05) is 85.8 Å². The molecule has 1 N–H and O–H groups in total. The van der Waals surface area contributed by atoms with E-state index in [1.165, 1.54) is 0 Å². The highest BCUT2D eigenvalue weighted by atomic mass is 16.7. The first-order valence-corrected chi connectivity index (χ1v) is 11.7. The van der Waals surface area contributed by atoms with Gasteiger partial charge in [-0.25, -0.2) is 0 Å². The molecule has 6 heteroatoms. The SMILES string of the molecule is CCNC(=O)[C@@H](Cc1ccccc1)N(Cc1ccccc1)C(=O)CCc1ccc2c(c1)OCO2. The molecule has 1 heterocycles. The average molecular weight is 459 g/mol. The van der Waals surface area contributed by atoms with Crippen molar-refractivity contribution in [2.75, 3.05) is 13.3 Å². The maximum Gasteiger partial charge on any atom is 0.243 e. The van der Waals surface area contributed by atoms with Crippen LogP contribution in [0.25, 0.3) is 0 Å². The summed E-state index contributed by atoms with van der Waals surface area (Å²) in [7, 11) is 0. The topological polar surface area (TPSA) is 67.9 Å². The molecule has 0 unspecified atom stereocenters. The number of ether oxygens (including phenoxy) is 2. The second kappa shape index (κ2) is 11.4. The van der Waals surface area contributed by atoms with E-state index >= 15 is 0 Å². The minimum atomic E-state index is -0.605. The Hall–Kier alpha value is -3.80. The summed E-state index contributed by atoms with van der Waals surface area (Å²) in [5.41, 5.74) is 3.00. The molecule has 0 radical (unpaired) electrons. The molecular formula is C28H30N2O4. The highest BCUT2D eigenvalue weighted by Crippen LogP contribution is 2.32. The second-order valence-electron chi connectivity index (χ2n) is 8.29. The van der Waals surface area contributed by atoms with Crippen LogP contribution in [0.2, 0.25) is 0 Å². The number of likely N-dealkylation sites (N-methyl/N-ethyl adjacent to an activating group) is 1. The Kier molecular flexibility index (Phi) is 7.81. The number of nitrogens with zero attached hydrogens (tertiary/aromatic N) is 1. The molecule has 3 aromatic rings. The molecule has 1 atom stereocenters. The van der Waals surface area contributed by atoms with E-state index in [0.29, 0.717) is 31.7 Å². The lowest BCUT2D eigenvalue weighted by atomic mass is 10.0. The van der Waals surface area contributed by atoms with Crippen molar-refractivity contribution in [1.82, 2.24) is 10.2 Å². The van der Waals surface area contributed by atoms with Gasteiger partial charge in [0, 0.05) is 25.9 Å². The number of amides is 2. The van der Waals surface area contributed by atoms with Gasteiger partial charge in [-0.2, -0.15) is 0 Å². The van der Waals surface area contributed by atoms with Crippen LogP contribution < -0.4 is 14.8 Å². The molecule has 34 heavy (non-hydrogen) atoms.